The number of hydrogen-bond donors (Lipinski definition) is 1. The predicted octanol–water partition coefficient (Wildman–Crippen LogP) is 5.34. The molecule has 4 aromatic heterocycles. The zero-order chi connectivity index (χ0) is 34.2. The highest BCUT2D eigenvalue weighted by Crippen LogP contribution is 2.36. The van der Waals surface area contributed by atoms with Crippen LogP contribution in [0.15, 0.2) is 46.8 Å². The summed E-state index contributed by atoms with van der Waals surface area (Å²) in [7, 11) is 0. The Bertz CT molecular complexity index is 2270. The SMILES string of the molecule is CCN(c1ncc2nc(C)n(CC#Cc3ccc(Cl)cc3-c3ccnc4c(C(=O)O)csc34)c(=O)c2c1C#N)C1CCN(C2COC2)CC1. The lowest BCUT2D eigenvalue weighted by molar-refractivity contribution is -0.0711. The van der Waals surface area contributed by atoms with Crippen molar-refractivity contribution in [3.63, 3.8) is 0 Å². The molecule has 0 atom stereocenters. The number of carboxylic acid groups (broad SMARTS) is 1. The number of aromatic carboxylic acids is 1. The number of carbonyl (C=O) groups is 1. The number of nitriles is 1. The number of anilines is 1. The molecule has 0 bridgehead atoms. The molecule has 0 unspecified atom stereocenters. The van der Waals surface area contributed by atoms with Gasteiger partial charge < -0.3 is 14.7 Å². The molecular formula is C36H32ClN7O4S. The van der Waals surface area contributed by atoms with Crippen molar-refractivity contribution in [2.45, 2.75) is 45.3 Å². The second-order valence-corrected chi connectivity index (χ2v) is 13.4. The fourth-order valence-corrected chi connectivity index (χ4v) is 7.96. The van der Waals surface area contributed by atoms with Gasteiger partial charge in [-0.2, -0.15) is 5.26 Å². The molecule has 0 spiro atoms. The number of carboxylic acids is 1. The van der Waals surface area contributed by atoms with Gasteiger partial charge in [-0.1, -0.05) is 23.4 Å². The Balaban J connectivity index is 1.22. The molecular weight excluding hydrogens is 662 g/mol. The van der Waals surface area contributed by atoms with Gasteiger partial charge in [0.2, 0.25) is 0 Å². The Labute approximate surface area is 291 Å². The number of pyridine rings is 2. The molecule has 2 saturated heterocycles. The summed E-state index contributed by atoms with van der Waals surface area (Å²) in [6.07, 6.45) is 5.04. The molecule has 5 aromatic rings. The second kappa shape index (κ2) is 13.6. The highest BCUT2D eigenvalue weighted by atomic mass is 35.5. The topological polar surface area (TPSA) is 137 Å². The first-order valence-corrected chi connectivity index (χ1v) is 17.3. The van der Waals surface area contributed by atoms with Crippen LogP contribution in [0.2, 0.25) is 5.02 Å². The lowest BCUT2D eigenvalue weighted by atomic mass is 10.00. The fraction of sp³-hybridized carbons (Fsp3) is 0.333. The summed E-state index contributed by atoms with van der Waals surface area (Å²) in [4.78, 5) is 44.1. The highest BCUT2D eigenvalue weighted by molar-refractivity contribution is 7.18. The van der Waals surface area contributed by atoms with E-state index < -0.39 is 5.97 Å². The summed E-state index contributed by atoms with van der Waals surface area (Å²) in [5.74, 6) is 6.24. The van der Waals surface area contributed by atoms with Crippen LogP contribution >= 0.6 is 22.9 Å². The molecule has 49 heavy (non-hydrogen) atoms. The Hall–Kier alpha value is -4.85. The van der Waals surface area contributed by atoms with E-state index in [9.17, 15) is 20.0 Å². The van der Waals surface area contributed by atoms with Crippen molar-refractivity contribution in [3.05, 3.63) is 79.9 Å². The van der Waals surface area contributed by atoms with Crippen LogP contribution in [-0.4, -0.2) is 80.4 Å². The van der Waals surface area contributed by atoms with Crippen LogP contribution in [-0.2, 0) is 11.3 Å². The number of aryl methyl sites for hydroxylation is 1. The lowest BCUT2D eigenvalue weighted by Crippen LogP contribution is -2.54. The number of halogens is 1. The molecule has 6 heterocycles. The number of aromatic nitrogens is 4. The number of ether oxygens (including phenoxy) is 1. The number of hydrogen-bond acceptors (Lipinski definition) is 10. The van der Waals surface area contributed by atoms with Crippen molar-refractivity contribution in [2.75, 3.05) is 37.7 Å². The quantitative estimate of drug-likeness (QED) is 0.222. The second-order valence-electron chi connectivity index (χ2n) is 12.1. The van der Waals surface area contributed by atoms with Gasteiger partial charge in [0.25, 0.3) is 5.56 Å². The summed E-state index contributed by atoms with van der Waals surface area (Å²) in [5, 5.41) is 22.3. The minimum absolute atomic E-state index is 0.0347. The largest absolute Gasteiger partial charge is 0.478 e. The number of rotatable bonds is 7. The first kappa shape index (κ1) is 32.7. The maximum atomic E-state index is 14.1. The van der Waals surface area contributed by atoms with Crippen molar-refractivity contribution in [2.24, 2.45) is 0 Å². The summed E-state index contributed by atoms with van der Waals surface area (Å²) < 4.78 is 7.57. The van der Waals surface area contributed by atoms with Crippen molar-refractivity contribution in [1.29, 1.82) is 5.26 Å². The number of fused-ring (bicyclic) bond motifs is 2. The average Bonchev–Trinajstić information content (AvgIpc) is 3.52. The molecule has 13 heteroatoms. The standard InChI is InChI=1S/C36H32ClN7O4S/c1-3-43(24-9-13-42(14-10-24)25-18-48-19-25)34-28(16-38)31-30(17-40-34)41-21(2)44(35(31)45)12-4-5-22-6-7-23(37)15-27(22)26-8-11-39-32-29(36(46)47)20-49-33(26)32/h6-8,11,15,17,20,24-25H,3,9-10,12-14,18-19H2,1-2H3,(H,46,47). The molecule has 7 rings (SSSR count). The van der Waals surface area contributed by atoms with Gasteiger partial charge in [-0.15, -0.1) is 11.3 Å². The van der Waals surface area contributed by atoms with Crippen molar-refractivity contribution >= 4 is 55.8 Å². The number of likely N-dealkylation sites (tertiary alicyclic amines) is 1. The van der Waals surface area contributed by atoms with E-state index in [0.717, 1.165) is 50.3 Å². The maximum Gasteiger partial charge on any atom is 0.338 e. The number of thiophene rings is 1. The predicted molar refractivity (Wildman–Crippen MR) is 189 cm³/mol. The van der Waals surface area contributed by atoms with E-state index in [2.05, 4.69) is 42.7 Å². The molecule has 0 amide bonds. The van der Waals surface area contributed by atoms with Crippen molar-refractivity contribution < 1.29 is 14.6 Å². The first-order valence-electron chi connectivity index (χ1n) is 16.1. The van der Waals surface area contributed by atoms with E-state index in [1.807, 2.05) is 13.0 Å². The molecule has 0 radical (unpaired) electrons. The summed E-state index contributed by atoms with van der Waals surface area (Å²) >= 11 is 7.70. The summed E-state index contributed by atoms with van der Waals surface area (Å²) in [5.41, 5.74) is 2.93. The Morgan fingerprint density at radius 2 is 2.00 bits per heavy atom. The van der Waals surface area contributed by atoms with Crippen LogP contribution in [0.4, 0.5) is 5.82 Å². The van der Waals surface area contributed by atoms with Crippen LogP contribution in [0, 0.1) is 30.1 Å². The van der Waals surface area contributed by atoms with Gasteiger partial charge in [-0.05, 0) is 51.0 Å². The Kier molecular flexibility index (Phi) is 9.05. The third-order valence-corrected chi connectivity index (χ3v) is 10.6. The molecule has 248 valence electrons. The van der Waals surface area contributed by atoms with Crippen molar-refractivity contribution in [3.8, 4) is 29.0 Å². The van der Waals surface area contributed by atoms with Crippen molar-refractivity contribution in [1.82, 2.24) is 24.4 Å². The van der Waals surface area contributed by atoms with Gasteiger partial charge in [0.05, 0.1) is 58.7 Å². The molecule has 2 aliphatic heterocycles. The fourth-order valence-electron chi connectivity index (χ4n) is 6.76. The molecule has 0 saturated carbocycles. The Morgan fingerprint density at radius 3 is 2.69 bits per heavy atom. The average molecular weight is 694 g/mol. The molecule has 1 aromatic carbocycles. The summed E-state index contributed by atoms with van der Waals surface area (Å²) in [6, 6.07) is 10.1. The zero-order valence-corrected chi connectivity index (χ0v) is 28.5. The number of piperidine rings is 1. The first-order chi connectivity index (χ1) is 23.8. The number of nitrogens with zero attached hydrogens (tertiary/aromatic N) is 7. The summed E-state index contributed by atoms with van der Waals surface area (Å²) in [6.45, 7) is 7.95. The van der Waals surface area contributed by atoms with Crippen LogP contribution in [0.3, 0.4) is 0 Å². The molecule has 2 fully saturated rings. The third kappa shape index (κ3) is 6.02. The minimum atomic E-state index is -1.04. The van der Waals surface area contributed by atoms with E-state index in [-0.39, 0.29) is 34.7 Å². The van der Waals surface area contributed by atoms with Crippen LogP contribution in [0.1, 0.15) is 47.1 Å². The normalized spacial score (nSPS) is 15.5. The third-order valence-electron chi connectivity index (χ3n) is 9.39. The Morgan fingerprint density at radius 1 is 1.20 bits per heavy atom. The van der Waals surface area contributed by atoms with E-state index in [1.54, 1.807) is 42.9 Å². The highest BCUT2D eigenvalue weighted by Gasteiger charge is 2.33. The van der Waals surface area contributed by atoms with E-state index in [1.165, 1.54) is 15.9 Å². The van der Waals surface area contributed by atoms with Crippen LogP contribution in [0.5, 0.6) is 0 Å². The van der Waals surface area contributed by atoms with Gasteiger partial charge in [-0.3, -0.25) is 19.2 Å². The van der Waals surface area contributed by atoms with E-state index in [0.29, 0.717) is 50.5 Å². The number of benzene rings is 1. The van der Waals surface area contributed by atoms with Gasteiger partial charge in [0.15, 0.2) is 0 Å². The van der Waals surface area contributed by atoms with Gasteiger partial charge >= 0.3 is 5.97 Å². The lowest BCUT2D eigenvalue weighted by Gasteiger charge is -2.44. The monoisotopic (exact) mass is 693 g/mol. The molecule has 2 aliphatic rings. The van der Waals surface area contributed by atoms with Gasteiger partial charge in [-0.25, -0.2) is 14.8 Å². The zero-order valence-electron chi connectivity index (χ0n) is 26.9. The minimum Gasteiger partial charge on any atom is -0.478 e. The smallest absolute Gasteiger partial charge is 0.338 e. The molecule has 1 N–H and O–H groups in total. The van der Waals surface area contributed by atoms with E-state index >= 15 is 0 Å². The van der Waals surface area contributed by atoms with Crippen LogP contribution < -0.4 is 10.5 Å². The van der Waals surface area contributed by atoms with Gasteiger partial charge in [0.1, 0.15) is 23.3 Å². The molecule has 0 aliphatic carbocycles. The maximum absolute atomic E-state index is 14.1. The van der Waals surface area contributed by atoms with Crippen LogP contribution in [0.25, 0.3) is 32.2 Å². The molecule has 11 nitrogen and oxygen atoms in total. The van der Waals surface area contributed by atoms with Gasteiger partial charge in [0, 0.05) is 59.0 Å². The van der Waals surface area contributed by atoms with E-state index in [4.69, 9.17) is 16.3 Å².